The maximum atomic E-state index is 12.6. The average molecular weight is 284 g/mol. The minimum atomic E-state index is 0.0372. The van der Waals surface area contributed by atoms with Crippen LogP contribution in [0.15, 0.2) is 41.6 Å². The van der Waals surface area contributed by atoms with Crippen LogP contribution in [-0.4, -0.2) is 18.7 Å². The highest BCUT2D eigenvalue weighted by molar-refractivity contribution is 5.76. The molecular formula is C16H20N4O. The lowest BCUT2D eigenvalue weighted by molar-refractivity contribution is 0.557. The largest absolute Gasteiger partial charge is 0.330 e. The molecule has 0 fully saturated rings. The smallest absolute Gasteiger partial charge is 0.329 e. The molecule has 0 radical (unpaired) electrons. The standard InChI is InChI=1S/C16H20N4O/c1-4-18-14-7-5-6-8-15(14)19(16(18)21)10-13-9-17-11-20(13)12(2)3/h5-9,11-12H,4,10H2,1-3H3. The lowest BCUT2D eigenvalue weighted by Crippen LogP contribution is -2.25. The molecule has 0 spiro atoms. The third-order valence-electron chi connectivity index (χ3n) is 3.86. The van der Waals surface area contributed by atoms with Gasteiger partial charge < -0.3 is 4.57 Å². The van der Waals surface area contributed by atoms with E-state index < -0.39 is 0 Å². The van der Waals surface area contributed by atoms with Gasteiger partial charge in [-0.3, -0.25) is 9.13 Å². The highest BCUT2D eigenvalue weighted by Crippen LogP contribution is 2.16. The molecule has 0 atom stereocenters. The molecule has 2 aromatic heterocycles. The van der Waals surface area contributed by atoms with Gasteiger partial charge in [0, 0.05) is 18.8 Å². The molecule has 0 aliphatic rings. The van der Waals surface area contributed by atoms with Crippen molar-refractivity contribution in [3.8, 4) is 0 Å². The van der Waals surface area contributed by atoms with Crippen LogP contribution in [0.2, 0.25) is 0 Å². The Bertz CT molecular complexity index is 822. The summed E-state index contributed by atoms with van der Waals surface area (Å²) in [5, 5.41) is 0. The predicted molar refractivity (Wildman–Crippen MR) is 83.6 cm³/mol. The van der Waals surface area contributed by atoms with E-state index >= 15 is 0 Å². The fourth-order valence-electron chi connectivity index (χ4n) is 2.81. The Balaban J connectivity index is 2.15. The second-order valence-corrected chi connectivity index (χ2v) is 5.49. The normalized spacial score (nSPS) is 11.6. The molecule has 5 nitrogen and oxygen atoms in total. The Kier molecular flexibility index (Phi) is 3.41. The number of benzene rings is 1. The number of hydrogen-bond acceptors (Lipinski definition) is 2. The number of para-hydroxylation sites is 2. The minimum absolute atomic E-state index is 0.0372. The van der Waals surface area contributed by atoms with Gasteiger partial charge in [-0.05, 0) is 32.9 Å². The quantitative estimate of drug-likeness (QED) is 0.739. The Morgan fingerprint density at radius 1 is 1.14 bits per heavy atom. The topological polar surface area (TPSA) is 44.8 Å². The molecule has 0 N–H and O–H groups in total. The number of aryl methyl sites for hydroxylation is 1. The van der Waals surface area contributed by atoms with Gasteiger partial charge in [-0.15, -0.1) is 0 Å². The molecule has 0 aliphatic carbocycles. The lowest BCUT2D eigenvalue weighted by Gasteiger charge is -2.12. The number of hydrogen-bond donors (Lipinski definition) is 0. The van der Waals surface area contributed by atoms with Gasteiger partial charge in [-0.2, -0.15) is 0 Å². The van der Waals surface area contributed by atoms with Crippen molar-refractivity contribution < 1.29 is 0 Å². The van der Waals surface area contributed by atoms with Crippen molar-refractivity contribution in [1.82, 2.24) is 18.7 Å². The van der Waals surface area contributed by atoms with E-state index in [-0.39, 0.29) is 5.69 Å². The van der Waals surface area contributed by atoms with Gasteiger partial charge in [0.25, 0.3) is 0 Å². The molecular weight excluding hydrogens is 264 g/mol. The third-order valence-corrected chi connectivity index (χ3v) is 3.86. The van der Waals surface area contributed by atoms with E-state index in [9.17, 15) is 4.79 Å². The van der Waals surface area contributed by atoms with Crippen LogP contribution >= 0.6 is 0 Å². The molecule has 110 valence electrons. The van der Waals surface area contributed by atoms with Crippen molar-refractivity contribution in [2.75, 3.05) is 0 Å². The van der Waals surface area contributed by atoms with Crippen molar-refractivity contribution in [3.63, 3.8) is 0 Å². The molecule has 3 aromatic rings. The first kappa shape index (κ1) is 13.7. The van der Waals surface area contributed by atoms with Crippen molar-refractivity contribution in [1.29, 1.82) is 0 Å². The molecule has 5 heteroatoms. The van der Waals surface area contributed by atoms with E-state index in [0.29, 0.717) is 19.1 Å². The summed E-state index contributed by atoms with van der Waals surface area (Å²) in [5.74, 6) is 0. The maximum absolute atomic E-state index is 12.6. The molecule has 2 heterocycles. The summed E-state index contributed by atoms with van der Waals surface area (Å²) >= 11 is 0. The van der Waals surface area contributed by atoms with Crippen LogP contribution in [0, 0.1) is 0 Å². The number of rotatable bonds is 4. The van der Waals surface area contributed by atoms with Gasteiger partial charge in [0.05, 0.1) is 29.6 Å². The lowest BCUT2D eigenvalue weighted by atomic mass is 10.3. The van der Waals surface area contributed by atoms with Crippen molar-refractivity contribution in [3.05, 3.63) is 53.0 Å². The summed E-state index contributed by atoms with van der Waals surface area (Å²) in [7, 11) is 0. The average Bonchev–Trinajstić information content (AvgIpc) is 3.03. The Morgan fingerprint density at radius 3 is 2.43 bits per heavy atom. The highest BCUT2D eigenvalue weighted by atomic mass is 16.1. The van der Waals surface area contributed by atoms with Crippen LogP contribution in [0.4, 0.5) is 0 Å². The van der Waals surface area contributed by atoms with E-state index in [4.69, 9.17) is 0 Å². The first-order chi connectivity index (χ1) is 10.1. The fourth-order valence-corrected chi connectivity index (χ4v) is 2.81. The Morgan fingerprint density at radius 2 is 1.81 bits per heavy atom. The fraction of sp³-hybridized carbons (Fsp3) is 0.375. The second kappa shape index (κ2) is 5.24. The molecule has 0 amide bonds. The first-order valence-electron chi connectivity index (χ1n) is 7.32. The first-order valence-corrected chi connectivity index (χ1v) is 7.32. The van der Waals surface area contributed by atoms with Gasteiger partial charge >= 0.3 is 5.69 Å². The second-order valence-electron chi connectivity index (χ2n) is 5.49. The molecule has 0 saturated heterocycles. The van der Waals surface area contributed by atoms with E-state index in [1.807, 2.05) is 52.8 Å². The number of imidazole rings is 2. The maximum Gasteiger partial charge on any atom is 0.329 e. The summed E-state index contributed by atoms with van der Waals surface area (Å²) in [4.78, 5) is 16.8. The summed E-state index contributed by atoms with van der Waals surface area (Å²) < 4.78 is 5.74. The molecule has 1 aromatic carbocycles. The van der Waals surface area contributed by atoms with Crippen LogP contribution in [0.25, 0.3) is 11.0 Å². The Labute approximate surface area is 123 Å². The summed E-state index contributed by atoms with van der Waals surface area (Å²) in [6.45, 7) is 7.45. The predicted octanol–water partition coefficient (Wildman–Crippen LogP) is 2.65. The van der Waals surface area contributed by atoms with Crippen molar-refractivity contribution in [2.45, 2.75) is 39.9 Å². The summed E-state index contributed by atoms with van der Waals surface area (Å²) in [6, 6.07) is 8.27. The highest BCUT2D eigenvalue weighted by Gasteiger charge is 2.14. The van der Waals surface area contributed by atoms with Crippen LogP contribution in [-0.2, 0) is 13.1 Å². The minimum Gasteiger partial charge on any atom is -0.330 e. The Hall–Kier alpha value is -2.30. The monoisotopic (exact) mass is 284 g/mol. The van der Waals surface area contributed by atoms with E-state index in [2.05, 4.69) is 23.4 Å². The van der Waals surface area contributed by atoms with E-state index in [0.717, 1.165) is 16.7 Å². The van der Waals surface area contributed by atoms with Crippen molar-refractivity contribution >= 4 is 11.0 Å². The number of nitrogens with zero attached hydrogens (tertiary/aromatic N) is 4. The van der Waals surface area contributed by atoms with E-state index in [1.165, 1.54) is 0 Å². The summed E-state index contributed by atoms with van der Waals surface area (Å²) in [6.07, 6.45) is 3.66. The number of aromatic nitrogens is 4. The van der Waals surface area contributed by atoms with Gasteiger partial charge in [-0.1, -0.05) is 12.1 Å². The molecule has 0 bridgehead atoms. The zero-order valence-corrected chi connectivity index (χ0v) is 12.7. The number of fused-ring (bicyclic) bond motifs is 1. The molecule has 0 unspecified atom stereocenters. The SMILES string of the molecule is CCn1c(=O)n(Cc2cncn2C(C)C)c2ccccc21. The van der Waals surface area contributed by atoms with Gasteiger partial charge in [0.1, 0.15) is 0 Å². The molecule has 21 heavy (non-hydrogen) atoms. The third kappa shape index (κ3) is 2.18. The van der Waals surface area contributed by atoms with Crippen molar-refractivity contribution in [2.24, 2.45) is 0 Å². The van der Waals surface area contributed by atoms with Crippen LogP contribution in [0.5, 0.6) is 0 Å². The zero-order chi connectivity index (χ0) is 15.0. The van der Waals surface area contributed by atoms with Gasteiger partial charge in [-0.25, -0.2) is 9.78 Å². The van der Waals surface area contributed by atoms with E-state index in [1.54, 1.807) is 0 Å². The van der Waals surface area contributed by atoms with Crippen LogP contribution in [0.3, 0.4) is 0 Å². The van der Waals surface area contributed by atoms with Crippen LogP contribution in [0.1, 0.15) is 32.5 Å². The molecule has 3 rings (SSSR count). The molecule has 0 saturated carbocycles. The molecule has 0 aliphatic heterocycles. The van der Waals surface area contributed by atoms with Crippen LogP contribution < -0.4 is 5.69 Å². The van der Waals surface area contributed by atoms with Gasteiger partial charge in [0.15, 0.2) is 0 Å². The summed E-state index contributed by atoms with van der Waals surface area (Å²) in [5.41, 5.74) is 3.04. The van der Waals surface area contributed by atoms with Gasteiger partial charge in [0.2, 0.25) is 0 Å². The zero-order valence-electron chi connectivity index (χ0n) is 12.7.